The van der Waals surface area contributed by atoms with Gasteiger partial charge in [0.25, 0.3) is 5.69 Å². The Kier molecular flexibility index (Phi) is 5.57. The van der Waals surface area contributed by atoms with E-state index in [2.05, 4.69) is 5.32 Å². The second kappa shape index (κ2) is 7.63. The molecule has 1 amide bonds. The lowest BCUT2D eigenvalue weighted by Gasteiger charge is -2.07. The van der Waals surface area contributed by atoms with Crippen LogP contribution in [0, 0.1) is 21.4 Å². The third kappa shape index (κ3) is 4.71. The monoisotopic (exact) mass is 347 g/mol. The van der Waals surface area contributed by atoms with Crippen LogP contribution in [0.25, 0.3) is 0 Å². The predicted molar refractivity (Wildman–Crippen MR) is 88.6 cm³/mol. The van der Waals surface area contributed by atoms with E-state index < -0.39 is 4.92 Å². The van der Waals surface area contributed by atoms with E-state index in [-0.39, 0.29) is 28.6 Å². The van der Waals surface area contributed by atoms with Crippen LogP contribution in [-0.4, -0.2) is 16.6 Å². The number of nitrogens with zero attached hydrogens (tertiary/aromatic N) is 2. The summed E-state index contributed by atoms with van der Waals surface area (Å²) in [4.78, 5) is 22.9. The van der Waals surface area contributed by atoms with Crippen LogP contribution in [0.4, 0.5) is 11.4 Å². The van der Waals surface area contributed by atoms with Gasteiger partial charge in [0.1, 0.15) is 6.07 Å². The van der Waals surface area contributed by atoms with E-state index >= 15 is 0 Å². The van der Waals surface area contributed by atoms with Crippen molar-refractivity contribution in [2.75, 3.05) is 11.1 Å². The van der Waals surface area contributed by atoms with E-state index in [1.165, 1.54) is 23.9 Å². The van der Waals surface area contributed by atoms with Gasteiger partial charge < -0.3 is 5.32 Å². The third-order valence-corrected chi connectivity index (χ3v) is 4.06. The summed E-state index contributed by atoms with van der Waals surface area (Å²) in [5.41, 5.74) is 0.0962. The number of rotatable bonds is 5. The van der Waals surface area contributed by atoms with E-state index in [0.29, 0.717) is 5.02 Å². The Morgan fingerprint density at radius 2 is 2.00 bits per heavy atom. The molecule has 0 saturated heterocycles. The molecule has 1 N–H and O–H groups in total. The molecule has 23 heavy (non-hydrogen) atoms. The van der Waals surface area contributed by atoms with Crippen LogP contribution < -0.4 is 5.32 Å². The normalized spacial score (nSPS) is 9.91. The van der Waals surface area contributed by atoms with Crippen molar-refractivity contribution in [1.29, 1.82) is 5.26 Å². The number of halogens is 1. The first-order valence-corrected chi connectivity index (χ1v) is 7.72. The Balaban J connectivity index is 2.01. The molecule has 0 aliphatic rings. The van der Waals surface area contributed by atoms with Gasteiger partial charge >= 0.3 is 0 Å². The number of hydrogen-bond acceptors (Lipinski definition) is 5. The summed E-state index contributed by atoms with van der Waals surface area (Å²) in [5.74, 6) is -0.168. The van der Waals surface area contributed by atoms with Crippen LogP contribution in [0.1, 0.15) is 5.56 Å². The van der Waals surface area contributed by atoms with Crippen molar-refractivity contribution in [3.63, 3.8) is 0 Å². The molecule has 0 atom stereocenters. The highest BCUT2D eigenvalue weighted by atomic mass is 35.5. The number of hydrogen-bond donors (Lipinski definition) is 1. The molecule has 0 aliphatic carbocycles. The highest BCUT2D eigenvalue weighted by molar-refractivity contribution is 8.00. The minimum absolute atomic E-state index is 0.0454. The number of thioether (sulfide) groups is 1. The van der Waals surface area contributed by atoms with Gasteiger partial charge in [0.15, 0.2) is 0 Å². The first kappa shape index (κ1) is 16.8. The highest BCUT2D eigenvalue weighted by Gasteiger charge is 2.12. The van der Waals surface area contributed by atoms with Crippen LogP contribution in [0.3, 0.4) is 0 Å². The number of anilines is 1. The van der Waals surface area contributed by atoms with Gasteiger partial charge in [-0.15, -0.1) is 11.8 Å². The summed E-state index contributed by atoms with van der Waals surface area (Å²) in [6.07, 6.45) is 0. The average molecular weight is 348 g/mol. The zero-order valence-corrected chi connectivity index (χ0v) is 13.2. The molecule has 2 rings (SSSR count). The molecule has 0 aliphatic heterocycles. The predicted octanol–water partition coefficient (Wildman–Crippen LogP) is 3.85. The number of nitro benzene ring substituents is 1. The quantitative estimate of drug-likeness (QED) is 0.503. The Bertz CT molecular complexity index is 788. The maximum absolute atomic E-state index is 11.9. The molecule has 116 valence electrons. The smallest absolute Gasteiger partial charge is 0.270 e. The summed E-state index contributed by atoms with van der Waals surface area (Å²) in [6.45, 7) is 0. The average Bonchev–Trinajstić information content (AvgIpc) is 2.54. The largest absolute Gasteiger partial charge is 0.324 e. The molecule has 0 spiro atoms. The maximum Gasteiger partial charge on any atom is 0.270 e. The Labute approximate surface area is 141 Å². The number of carbonyl (C=O) groups is 1. The van der Waals surface area contributed by atoms with E-state index in [1.54, 1.807) is 24.3 Å². The second-order valence-corrected chi connectivity index (χ2v) is 5.87. The number of amides is 1. The van der Waals surface area contributed by atoms with E-state index in [4.69, 9.17) is 16.9 Å². The number of nitrogens with one attached hydrogen (secondary N) is 1. The van der Waals surface area contributed by atoms with Crippen molar-refractivity contribution in [3.05, 3.63) is 63.2 Å². The van der Waals surface area contributed by atoms with E-state index in [0.717, 1.165) is 11.0 Å². The second-order valence-electron chi connectivity index (χ2n) is 4.39. The van der Waals surface area contributed by atoms with Crippen molar-refractivity contribution < 1.29 is 9.72 Å². The standard InChI is InChI=1S/C15H10ClN3O3S/c16-11-1-4-13(5-2-11)23-9-15(20)18-14-6-3-12(19(21)22)7-10(14)8-17/h1-7H,9H2,(H,18,20). The van der Waals surface area contributed by atoms with Gasteiger partial charge in [-0.25, -0.2) is 0 Å². The fourth-order valence-electron chi connectivity index (χ4n) is 1.71. The molecular formula is C15H10ClN3O3S. The van der Waals surface area contributed by atoms with Gasteiger partial charge in [-0.3, -0.25) is 14.9 Å². The third-order valence-electron chi connectivity index (χ3n) is 2.79. The summed E-state index contributed by atoms with van der Waals surface area (Å²) >= 11 is 7.10. The van der Waals surface area contributed by atoms with Crippen LogP contribution in [0.15, 0.2) is 47.4 Å². The molecule has 2 aromatic carbocycles. The lowest BCUT2D eigenvalue weighted by Crippen LogP contribution is -2.15. The molecular weight excluding hydrogens is 338 g/mol. The van der Waals surface area contributed by atoms with Gasteiger partial charge in [-0.1, -0.05) is 11.6 Å². The minimum atomic E-state index is -0.594. The SMILES string of the molecule is N#Cc1cc([N+](=O)[O-])ccc1NC(=O)CSc1ccc(Cl)cc1. The fourth-order valence-corrected chi connectivity index (χ4v) is 2.54. The van der Waals surface area contributed by atoms with Gasteiger partial charge in [0.2, 0.25) is 5.91 Å². The molecule has 0 bridgehead atoms. The fraction of sp³-hybridized carbons (Fsp3) is 0.0667. The highest BCUT2D eigenvalue weighted by Crippen LogP contribution is 2.23. The zero-order chi connectivity index (χ0) is 16.8. The molecule has 2 aromatic rings. The van der Waals surface area contributed by atoms with Gasteiger partial charge in [-0.2, -0.15) is 5.26 Å². The van der Waals surface area contributed by atoms with Crippen LogP contribution in [0.5, 0.6) is 0 Å². The lowest BCUT2D eigenvalue weighted by atomic mass is 10.1. The number of nitriles is 1. The number of nitro groups is 1. The Morgan fingerprint density at radius 1 is 1.30 bits per heavy atom. The van der Waals surface area contributed by atoms with E-state index in [9.17, 15) is 14.9 Å². The molecule has 0 heterocycles. The van der Waals surface area contributed by atoms with Crippen LogP contribution in [-0.2, 0) is 4.79 Å². The molecule has 8 heteroatoms. The van der Waals surface area contributed by atoms with E-state index in [1.807, 2.05) is 6.07 Å². The molecule has 0 aromatic heterocycles. The molecule has 0 saturated carbocycles. The lowest BCUT2D eigenvalue weighted by molar-refractivity contribution is -0.384. The Hall–Kier alpha value is -2.56. The summed E-state index contributed by atoms with van der Waals surface area (Å²) in [5, 5.41) is 22.9. The number of non-ortho nitro benzene ring substituents is 1. The van der Waals surface area contributed by atoms with Crippen LogP contribution >= 0.6 is 23.4 Å². The van der Waals surface area contributed by atoms with Gasteiger partial charge in [0.05, 0.1) is 21.9 Å². The van der Waals surface area contributed by atoms with Crippen molar-refractivity contribution in [2.24, 2.45) is 0 Å². The molecule has 0 fully saturated rings. The maximum atomic E-state index is 11.9. The summed E-state index contributed by atoms with van der Waals surface area (Å²) < 4.78 is 0. The van der Waals surface area contributed by atoms with Crippen molar-refractivity contribution in [3.8, 4) is 6.07 Å². The van der Waals surface area contributed by atoms with Gasteiger partial charge in [0, 0.05) is 22.1 Å². The summed E-state index contributed by atoms with van der Waals surface area (Å²) in [7, 11) is 0. The van der Waals surface area contributed by atoms with Gasteiger partial charge in [-0.05, 0) is 30.3 Å². The number of benzene rings is 2. The topological polar surface area (TPSA) is 96.0 Å². The van der Waals surface area contributed by atoms with Crippen LogP contribution in [0.2, 0.25) is 5.02 Å². The first-order valence-electron chi connectivity index (χ1n) is 6.36. The van der Waals surface area contributed by atoms with Crippen molar-refractivity contribution >= 4 is 40.6 Å². The number of carbonyl (C=O) groups excluding carboxylic acids is 1. The first-order chi connectivity index (χ1) is 11.0. The zero-order valence-electron chi connectivity index (χ0n) is 11.7. The molecule has 0 unspecified atom stereocenters. The van der Waals surface area contributed by atoms with Crippen molar-refractivity contribution in [1.82, 2.24) is 0 Å². The summed E-state index contributed by atoms with van der Waals surface area (Å²) in [6, 6.07) is 12.6. The minimum Gasteiger partial charge on any atom is -0.324 e. The van der Waals surface area contributed by atoms with Crippen molar-refractivity contribution in [2.45, 2.75) is 4.90 Å². The Morgan fingerprint density at radius 3 is 2.61 bits per heavy atom. The molecule has 0 radical (unpaired) electrons. The molecule has 6 nitrogen and oxygen atoms in total.